The third kappa shape index (κ3) is 2.99. The minimum absolute atomic E-state index is 0.379. The first-order valence-electron chi connectivity index (χ1n) is 6.52. The molecule has 3 heteroatoms. The molecule has 1 aliphatic rings. The fraction of sp³-hybridized carbons (Fsp3) is 0.250. The van der Waals surface area contributed by atoms with Gasteiger partial charge in [-0.1, -0.05) is 46.3 Å². The molecular weight excluding hydrogens is 302 g/mol. The number of hydrogen-bond donors (Lipinski definition) is 1. The van der Waals surface area contributed by atoms with Gasteiger partial charge in [-0.3, -0.25) is 0 Å². The Balaban J connectivity index is 1.71. The molecule has 1 unspecified atom stereocenters. The molecule has 0 bridgehead atoms. The molecule has 0 saturated carbocycles. The van der Waals surface area contributed by atoms with Crippen molar-refractivity contribution in [2.45, 2.75) is 19.0 Å². The summed E-state index contributed by atoms with van der Waals surface area (Å²) in [5.74, 6) is 1.01. The summed E-state index contributed by atoms with van der Waals surface area (Å²) in [5, 5.41) is 3.62. The van der Waals surface area contributed by atoms with E-state index in [1.54, 1.807) is 0 Å². The van der Waals surface area contributed by atoms with Crippen LogP contribution >= 0.6 is 15.9 Å². The highest BCUT2D eigenvalue weighted by Crippen LogP contribution is 2.31. The number of benzene rings is 2. The van der Waals surface area contributed by atoms with Gasteiger partial charge in [-0.05, 0) is 23.8 Å². The van der Waals surface area contributed by atoms with E-state index in [4.69, 9.17) is 4.74 Å². The topological polar surface area (TPSA) is 21.3 Å². The summed E-state index contributed by atoms with van der Waals surface area (Å²) in [4.78, 5) is 0. The molecule has 1 atom stereocenters. The molecule has 2 aromatic rings. The lowest BCUT2D eigenvalue weighted by molar-refractivity contribution is 0.252. The lowest BCUT2D eigenvalue weighted by Crippen LogP contribution is -2.26. The van der Waals surface area contributed by atoms with Crippen molar-refractivity contribution >= 4 is 15.9 Å². The van der Waals surface area contributed by atoms with E-state index in [0.29, 0.717) is 6.04 Å². The number of rotatable bonds is 3. The van der Waals surface area contributed by atoms with Crippen LogP contribution in [0, 0.1) is 0 Å². The molecule has 0 spiro atoms. The smallest absolute Gasteiger partial charge is 0.124 e. The standard InChI is InChI=1S/C16H16BrNO/c17-13-5-3-4-12(10-13)11-18-15-8-9-19-16-7-2-1-6-14(15)16/h1-7,10,15,18H,8-9,11H2. The Morgan fingerprint density at radius 2 is 2.05 bits per heavy atom. The summed E-state index contributed by atoms with van der Waals surface area (Å²) in [6.45, 7) is 1.66. The molecule has 98 valence electrons. The van der Waals surface area contributed by atoms with Gasteiger partial charge in [-0.15, -0.1) is 0 Å². The summed E-state index contributed by atoms with van der Waals surface area (Å²) in [6.07, 6.45) is 1.02. The van der Waals surface area contributed by atoms with Gasteiger partial charge in [0.1, 0.15) is 5.75 Å². The Hall–Kier alpha value is -1.32. The van der Waals surface area contributed by atoms with Gasteiger partial charge in [0.25, 0.3) is 0 Å². The predicted octanol–water partition coefficient (Wildman–Crippen LogP) is 4.06. The summed E-state index contributed by atoms with van der Waals surface area (Å²) in [6, 6.07) is 17.1. The van der Waals surface area contributed by atoms with Crippen molar-refractivity contribution in [2.24, 2.45) is 0 Å². The first kappa shape index (κ1) is 12.7. The third-order valence-electron chi connectivity index (χ3n) is 3.40. The molecule has 0 aromatic heterocycles. The summed E-state index contributed by atoms with van der Waals surface area (Å²) < 4.78 is 6.80. The van der Waals surface area contributed by atoms with Crippen LogP contribution in [-0.4, -0.2) is 6.61 Å². The highest BCUT2D eigenvalue weighted by atomic mass is 79.9. The normalized spacial score (nSPS) is 17.6. The number of halogens is 1. The Morgan fingerprint density at radius 1 is 1.16 bits per heavy atom. The van der Waals surface area contributed by atoms with Crippen LogP contribution in [0.3, 0.4) is 0 Å². The highest BCUT2D eigenvalue weighted by molar-refractivity contribution is 9.10. The summed E-state index contributed by atoms with van der Waals surface area (Å²) in [7, 11) is 0. The highest BCUT2D eigenvalue weighted by Gasteiger charge is 2.20. The lowest BCUT2D eigenvalue weighted by atomic mass is 10.0. The second-order valence-electron chi connectivity index (χ2n) is 4.74. The predicted molar refractivity (Wildman–Crippen MR) is 80.3 cm³/mol. The molecule has 1 heterocycles. The number of nitrogens with one attached hydrogen (secondary N) is 1. The van der Waals surface area contributed by atoms with Crippen LogP contribution < -0.4 is 10.1 Å². The molecule has 1 N–H and O–H groups in total. The van der Waals surface area contributed by atoms with Crippen LogP contribution in [-0.2, 0) is 6.54 Å². The van der Waals surface area contributed by atoms with Crippen LogP contribution in [0.1, 0.15) is 23.6 Å². The fourth-order valence-electron chi connectivity index (χ4n) is 2.44. The van der Waals surface area contributed by atoms with Gasteiger partial charge >= 0.3 is 0 Å². The van der Waals surface area contributed by atoms with E-state index in [-0.39, 0.29) is 0 Å². The van der Waals surface area contributed by atoms with Gasteiger partial charge in [0.05, 0.1) is 6.61 Å². The molecule has 0 radical (unpaired) electrons. The second-order valence-corrected chi connectivity index (χ2v) is 5.65. The van der Waals surface area contributed by atoms with Crippen molar-refractivity contribution < 1.29 is 4.74 Å². The first-order chi connectivity index (χ1) is 9.33. The van der Waals surface area contributed by atoms with Crippen LogP contribution in [0.5, 0.6) is 5.75 Å². The molecule has 19 heavy (non-hydrogen) atoms. The van der Waals surface area contributed by atoms with Gasteiger partial charge in [0, 0.05) is 29.0 Å². The van der Waals surface area contributed by atoms with Crippen LogP contribution in [0.15, 0.2) is 53.0 Å². The van der Waals surface area contributed by atoms with Crippen molar-refractivity contribution in [3.63, 3.8) is 0 Å². The third-order valence-corrected chi connectivity index (χ3v) is 3.89. The Bertz CT molecular complexity index is 570. The van der Waals surface area contributed by atoms with Gasteiger partial charge < -0.3 is 10.1 Å². The maximum absolute atomic E-state index is 5.68. The molecule has 0 amide bonds. The van der Waals surface area contributed by atoms with Crippen LogP contribution in [0.2, 0.25) is 0 Å². The maximum atomic E-state index is 5.68. The first-order valence-corrected chi connectivity index (χ1v) is 7.32. The zero-order chi connectivity index (χ0) is 13.1. The number of ether oxygens (including phenoxy) is 1. The fourth-order valence-corrected chi connectivity index (χ4v) is 2.89. The quantitative estimate of drug-likeness (QED) is 0.921. The van der Waals surface area contributed by atoms with E-state index in [1.165, 1.54) is 11.1 Å². The van der Waals surface area contributed by atoms with Crippen molar-refractivity contribution in [1.29, 1.82) is 0 Å². The largest absolute Gasteiger partial charge is 0.493 e. The minimum Gasteiger partial charge on any atom is -0.493 e. The average Bonchev–Trinajstić information content (AvgIpc) is 2.45. The Kier molecular flexibility index (Phi) is 3.85. The number of fused-ring (bicyclic) bond motifs is 1. The van der Waals surface area contributed by atoms with Gasteiger partial charge in [-0.2, -0.15) is 0 Å². The van der Waals surface area contributed by atoms with Gasteiger partial charge in [-0.25, -0.2) is 0 Å². The lowest BCUT2D eigenvalue weighted by Gasteiger charge is -2.26. The van der Waals surface area contributed by atoms with E-state index in [9.17, 15) is 0 Å². The van der Waals surface area contributed by atoms with Crippen molar-refractivity contribution in [3.05, 3.63) is 64.1 Å². The molecule has 0 fully saturated rings. The van der Waals surface area contributed by atoms with E-state index < -0.39 is 0 Å². The van der Waals surface area contributed by atoms with Crippen LogP contribution in [0.25, 0.3) is 0 Å². The van der Waals surface area contributed by atoms with E-state index in [1.807, 2.05) is 18.2 Å². The molecule has 3 rings (SSSR count). The zero-order valence-electron chi connectivity index (χ0n) is 10.6. The van der Waals surface area contributed by atoms with Crippen molar-refractivity contribution in [1.82, 2.24) is 5.32 Å². The Labute approximate surface area is 121 Å². The Morgan fingerprint density at radius 3 is 2.95 bits per heavy atom. The van der Waals surface area contributed by atoms with Crippen molar-refractivity contribution in [2.75, 3.05) is 6.61 Å². The summed E-state index contributed by atoms with van der Waals surface area (Å²) >= 11 is 3.51. The van der Waals surface area contributed by atoms with E-state index in [2.05, 4.69) is 51.6 Å². The molecule has 2 nitrogen and oxygen atoms in total. The van der Waals surface area contributed by atoms with Crippen LogP contribution in [0.4, 0.5) is 0 Å². The molecule has 2 aromatic carbocycles. The van der Waals surface area contributed by atoms with E-state index >= 15 is 0 Å². The second kappa shape index (κ2) is 5.76. The average molecular weight is 318 g/mol. The zero-order valence-corrected chi connectivity index (χ0v) is 12.2. The number of para-hydroxylation sites is 1. The van der Waals surface area contributed by atoms with Gasteiger partial charge in [0.15, 0.2) is 0 Å². The number of hydrogen-bond acceptors (Lipinski definition) is 2. The maximum Gasteiger partial charge on any atom is 0.124 e. The van der Waals surface area contributed by atoms with Gasteiger partial charge in [0.2, 0.25) is 0 Å². The SMILES string of the molecule is Brc1cccc(CNC2CCOc3ccccc32)c1. The molecule has 0 aliphatic carbocycles. The minimum atomic E-state index is 0.379. The molecule has 1 aliphatic heterocycles. The van der Waals surface area contributed by atoms with Crippen molar-refractivity contribution in [3.8, 4) is 5.75 Å². The molecular formula is C16H16BrNO. The monoisotopic (exact) mass is 317 g/mol. The summed E-state index contributed by atoms with van der Waals surface area (Å²) in [5.41, 5.74) is 2.56. The molecule has 0 saturated heterocycles. The van der Waals surface area contributed by atoms with E-state index in [0.717, 1.165) is 29.8 Å².